The molecule has 0 spiro atoms. The summed E-state index contributed by atoms with van der Waals surface area (Å²) in [5.74, 6) is -0.289. The highest BCUT2D eigenvalue weighted by Crippen LogP contribution is 2.32. The van der Waals surface area contributed by atoms with E-state index in [1.165, 1.54) is 24.1 Å². The molecule has 0 bridgehead atoms. The third-order valence-electron chi connectivity index (χ3n) is 5.66. The number of carbonyl (C=O) groups is 2. The zero-order valence-corrected chi connectivity index (χ0v) is 20.1. The first kappa shape index (κ1) is 24.7. The van der Waals surface area contributed by atoms with Crippen LogP contribution < -0.4 is 15.4 Å². The van der Waals surface area contributed by atoms with Crippen LogP contribution in [0.3, 0.4) is 0 Å². The molecule has 2 heterocycles. The number of piperidine rings is 1. The summed E-state index contributed by atoms with van der Waals surface area (Å²) in [4.78, 5) is 28.9. The zero-order valence-electron chi connectivity index (χ0n) is 19.3. The summed E-state index contributed by atoms with van der Waals surface area (Å²) >= 11 is 0. The fourth-order valence-electron chi connectivity index (χ4n) is 4.09. The minimum absolute atomic E-state index is 0.259. The highest BCUT2D eigenvalue weighted by Gasteiger charge is 2.31. The molecule has 0 atom stereocenters. The van der Waals surface area contributed by atoms with Gasteiger partial charge in [0.1, 0.15) is 5.75 Å². The van der Waals surface area contributed by atoms with E-state index in [4.69, 9.17) is 9.15 Å². The molecular formula is C22H30N4O6S. The average molecular weight is 479 g/mol. The number of methoxy groups -OCH3 is 1. The number of hydrogen-bond donors (Lipinski definition) is 2. The number of ether oxygens (including phenoxy) is 1. The van der Waals surface area contributed by atoms with Gasteiger partial charge in [0.15, 0.2) is 12.2 Å². The van der Waals surface area contributed by atoms with Gasteiger partial charge in [-0.25, -0.2) is 17.7 Å². The summed E-state index contributed by atoms with van der Waals surface area (Å²) in [7, 11) is -1.68. The molecular weight excluding hydrogens is 448 g/mol. The van der Waals surface area contributed by atoms with E-state index < -0.39 is 27.4 Å². The lowest BCUT2D eigenvalue weighted by atomic mass is 9.85. The van der Waals surface area contributed by atoms with Crippen molar-refractivity contribution in [2.75, 3.05) is 31.8 Å². The van der Waals surface area contributed by atoms with Gasteiger partial charge in [-0.2, -0.15) is 0 Å². The molecule has 2 N–H and O–H groups in total. The van der Waals surface area contributed by atoms with Crippen LogP contribution in [0.25, 0.3) is 11.3 Å². The van der Waals surface area contributed by atoms with Gasteiger partial charge in [-0.3, -0.25) is 9.59 Å². The van der Waals surface area contributed by atoms with Crippen LogP contribution in [0.5, 0.6) is 5.75 Å². The van der Waals surface area contributed by atoms with Crippen LogP contribution in [0.15, 0.2) is 35.2 Å². The number of anilines is 1. The molecule has 1 fully saturated rings. The lowest BCUT2D eigenvalue weighted by Gasteiger charge is -2.35. The lowest BCUT2D eigenvalue weighted by molar-refractivity contribution is -0.137. The summed E-state index contributed by atoms with van der Waals surface area (Å²) in [5.41, 5.74) is 0.446. The van der Waals surface area contributed by atoms with Gasteiger partial charge in [0.05, 0.1) is 25.1 Å². The molecule has 0 saturated carbocycles. The van der Waals surface area contributed by atoms with Crippen molar-refractivity contribution in [3.8, 4) is 17.1 Å². The van der Waals surface area contributed by atoms with Crippen LogP contribution in [0.2, 0.25) is 0 Å². The van der Waals surface area contributed by atoms with Gasteiger partial charge in [0.2, 0.25) is 10.0 Å². The smallest absolute Gasteiger partial charge is 0.313 e. The molecule has 0 radical (unpaired) electrons. The molecule has 180 valence electrons. The standard InChI is InChI=1S/C22H30N4O6S/c1-22(2,12-15-7-9-26(10-8-15)33(4,29)30)25-21(28)20(27)24-16-5-6-17(18(11-16)31-3)19-13-23-14-32-19/h5-6,11,13-15H,7-10,12H2,1-4H3,(H,24,27)(H,25,28). The number of sulfonamides is 1. The minimum atomic E-state index is -3.18. The second kappa shape index (κ2) is 9.92. The molecule has 1 aromatic heterocycles. The molecule has 2 aromatic rings. The number of amides is 2. The number of nitrogens with zero attached hydrogens (tertiary/aromatic N) is 2. The quantitative estimate of drug-likeness (QED) is 0.584. The van der Waals surface area contributed by atoms with Crippen molar-refractivity contribution in [1.29, 1.82) is 0 Å². The molecule has 0 unspecified atom stereocenters. The van der Waals surface area contributed by atoms with Crippen LogP contribution in [0.4, 0.5) is 5.69 Å². The van der Waals surface area contributed by atoms with E-state index >= 15 is 0 Å². The van der Waals surface area contributed by atoms with Crippen molar-refractivity contribution >= 4 is 27.5 Å². The zero-order chi connectivity index (χ0) is 24.2. The third kappa shape index (κ3) is 6.55. The average Bonchev–Trinajstić information content (AvgIpc) is 3.27. The van der Waals surface area contributed by atoms with E-state index in [2.05, 4.69) is 15.6 Å². The van der Waals surface area contributed by atoms with Crippen molar-refractivity contribution in [2.24, 2.45) is 5.92 Å². The van der Waals surface area contributed by atoms with Gasteiger partial charge < -0.3 is 19.8 Å². The van der Waals surface area contributed by atoms with E-state index in [1.807, 2.05) is 13.8 Å². The van der Waals surface area contributed by atoms with E-state index in [1.54, 1.807) is 24.4 Å². The Labute approximate surface area is 193 Å². The Morgan fingerprint density at radius 2 is 1.94 bits per heavy atom. The topological polar surface area (TPSA) is 131 Å². The maximum absolute atomic E-state index is 12.5. The van der Waals surface area contributed by atoms with Crippen LogP contribution in [-0.4, -0.2) is 61.5 Å². The first-order valence-corrected chi connectivity index (χ1v) is 12.5. The summed E-state index contributed by atoms with van der Waals surface area (Å²) < 4.78 is 35.5. The summed E-state index contributed by atoms with van der Waals surface area (Å²) in [5, 5.41) is 5.38. The fourth-order valence-corrected chi connectivity index (χ4v) is 4.97. The van der Waals surface area contributed by atoms with E-state index in [0.717, 1.165) is 12.8 Å². The van der Waals surface area contributed by atoms with Gasteiger partial charge in [-0.1, -0.05) is 0 Å². The predicted octanol–water partition coefficient (Wildman–Crippen LogP) is 2.25. The maximum atomic E-state index is 12.5. The predicted molar refractivity (Wildman–Crippen MR) is 123 cm³/mol. The summed E-state index contributed by atoms with van der Waals surface area (Å²) in [6.45, 7) is 4.66. The number of oxazole rings is 1. The Bertz CT molecular complexity index is 1090. The Hall–Kier alpha value is -2.92. The van der Waals surface area contributed by atoms with Gasteiger partial charge in [-0.05, 0) is 51.2 Å². The second-order valence-corrected chi connectivity index (χ2v) is 10.9. The molecule has 3 rings (SSSR count). The monoisotopic (exact) mass is 478 g/mol. The molecule has 10 nitrogen and oxygen atoms in total. The molecule has 1 aromatic carbocycles. The van der Waals surface area contributed by atoms with E-state index in [9.17, 15) is 18.0 Å². The van der Waals surface area contributed by atoms with Crippen molar-refractivity contribution < 1.29 is 27.2 Å². The first-order valence-electron chi connectivity index (χ1n) is 10.6. The van der Waals surface area contributed by atoms with Crippen molar-refractivity contribution in [3.63, 3.8) is 0 Å². The Balaban J connectivity index is 1.56. The molecule has 0 aliphatic carbocycles. The van der Waals surface area contributed by atoms with E-state index in [-0.39, 0.29) is 5.92 Å². The first-order chi connectivity index (χ1) is 15.5. The van der Waals surface area contributed by atoms with Crippen LogP contribution in [0.1, 0.15) is 33.1 Å². The highest BCUT2D eigenvalue weighted by atomic mass is 32.2. The van der Waals surface area contributed by atoms with Crippen LogP contribution in [0, 0.1) is 5.92 Å². The normalized spacial score (nSPS) is 15.8. The minimum Gasteiger partial charge on any atom is -0.496 e. The summed E-state index contributed by atoms with van der Waals surface area (Å²) in [6.07, 6.45) is 6.16. The highest BCUT2D eigenvalue weighted by molar-refractivity contribution is 7.88. The molecule has 33 heavy (non-hydrogen) atoms. The summed E-state index contributed by atoms with van der Waals surface area (Å²) in [6, 6.07) is 4.95. The SMILES string of the molecule is COc1cc(NC(=O)C(=O)NC(C)(C)CC2CCN(S(C)(=O)=O)CC2)ccc1-c1cnco1. The molecule has 1 aliphatic heterocycles. The van der Waals surface area contributed by atoms with Crippen molar-refractivity contribution in [1.82, 2.24) is 14.6 Å². The maximum Gasteiger partial charge on any atom is 0.313 e. The Kier molecular flexibility index (Phi) is 7.43. The van der Waals surface area contributed by atoms with Gasteiger partial charge >= 0.3 is 11.8 Å². The number of benzene rings is 1. The molecule has 1 aliphatic rings. The Morgan fingerprint density at radius 3 is 2.52 bits per heavy atom. The number of carbonyl (C=O) groups excluding carboxylic acids is 2. The van der Waals surface area contributed by atoms with Crippen LogP contribution >= 0.6 is 0 Å². The van der Waals surface area contributed by atoms with Gasteiger partial charge in [0.25, 0.3) is 0 Å². The number of nitrogens with one attached hydrogen (secondary N) is 2. The van der Waals surface area contributed by atoms with Gasteiger partial charge in [0, 0.05) is 30.4 Å². The number of hydrogen-bond acceptors (Lipinski definition) is 7. The van der Waals surface area contributed by atoms with Crippen LogP contribution in [-0.2, 0) is 19.6 Å². The number of aromatic nitrogens is 1. The lowest BCUT2D eigenvalue weighted by Crippen LogP contribution is -2.50. The third-order valence-corrected chi connectivity index (χ3v) is 6.96. The van der Waals surface area contributed by atoms with E-state index in [0.29, 0.717) is 42.3 Å². The number of rotatable bonds is 7. The second-order valence-electron chi connectivity index (χ2n) is 8.88. The van der Waals surface area contributed by atoms with Crippen molar-refractivity contribution in [3.05, 3.63) is 30.8 Å². The largest absolute Gasteiger partial charge is 0.496 e. The van der Waals surface area contributed by atoms with Crippen molar-refractivity contribution in [2.45, 2.75) is 38.6 Å². The fraction of sp³-hybridized carbons (Fsp3) is 0.500. The van der Waals surface area contributed by atoms with Gasteiger partial charge in [-0.15, -0.1) is 0 Å². The molecule has 1 saturated heterocycles. The molecule has 11 heteroatoms. The molecule has 2 amide bonds. The Morgan fingerprint density at radius 1 is 1.24 bits per heavy atom.